The molecule has 0 aliphatic carbocycles. The molecule has 0 aliphatic rings. The van der Waals surface area contributed by atoms with Crippen LogP contribution in [0.15, 0.2) is 12.3 Å². The Kier molecular flexibility index (Phi) is 5.41. The molecule has 3 N–H and O–H groups in total. The third-order valence-electron chi connectivity index (χ3n) is 1.18. The molecule has 4 heteroatoms. The van der Waals surface area contributed by atoms with Gasteiger partial charge in [0.15, 0.2) is 0 Å². The van der Waals surface area contributed by atoms with Crippen LogP contribution in [0.25, 0.3) is 0 Å². The number of halogens is 1. The number of aromatic nitrogens is 1. The van der Waals surface area contributed by atoms with Gasteiger partial charge in [0.25, 0.3) is 0 Å². The fourth-order valence-electron chi connectivity index (χ4n) is 0.692. The van der Waals surface area contributed by atoms with Gasteiger partial charge in [-0.2, -0.15) is 0 Å². The van der Waals surface area contributed by atoms with Gasteiger partial charge in [-0.25, -0.2) is 10.8 Å². The van der Waals surface area contributed by atoms with Gasteiger partial charge in [0.2, 0.25) is 0 Å². The molecule has 0 fully saturated rings. The standard InChI is InChI=1S/C6H8ClN3.C2H6/c1-4-2-5(7)3-9-6(4)10-8;1-2/h2-3H,8H2,1H3,(H,9,10);1-2H3. The molecule has 12 heavy (non-hydrogen) atoms. The Hall–Kier alpha value is -0.800. The number of hydrogen-bond donors (Lipinski definition) is 2. The summed E-state index contributed by atoms with van der Waals surface area (Å²) in [7, 11) is 0. The Bertz CT molecular complexity index is 238. The van der Waals surface area contributed by atoms with Crippen molar-refractivity contribution in [2.24, 2.45) is 5.84 Å². The third kappa shape index (κ3) is 3.07. The Labute approximate surface area is 77.9 Å². The van der Waals surface area contributed by atoms with Crippen LogP contribution in [0.5, 0.6) is 0 Å². The molecule has 1 aromatic heterocycles. The van der Waals surface area contributed by atoms with Crippen molar-refractivity contribution in [2.45, 2.75) is 20.8 Å². The summed E-state index contributed by atoms with van der Waals surface area (Å²) < 4.78 is 0. The third-order valence-corrected chi connectivity index (χ3v) is 1.39. The van der Waals surface area contributed by atoms with Crippen molar-refractivity contribution in [1.29, 1.82) is 0 Å². The van der Waals surface area contributed by atoms with Gasteiger partial charge in [-0.05, 0) is 18.6 Å². The molecule has 0 aliphatic heterocycles. The van der Waals surface area contributed by atoms with Crippen LogP contribution in [0.2, 0.25) is 5.02 Å². The summed E-state index contributed by atoms with van der Waals surface area (Å²) in [5.74, 6) is 5.80. The first-order valence-corrected chi connectivity index (χ1v) is 4.20. The fourth-order valence-corrected chi connectivity index (χ4v) is 0.904. The maximum Gasteiger partial charge on any atom is 0.142 e. The predicted molar refractivity (Wildman–Crippen MR) is 53.1 cm³/mol. The molecule has 0 spiro atoms. The number of pyridine rings is 1. The molecule has 0 saturated heterocycles. The van der Waals surface area contributed by atoms with Crippen molar-refractivity contribution >= 4 is 17.4 Å². The van der Waals surface area contributed by atoms with Gasteiger partial charge in [0.1, 0.15) is 5.82 Å². The lowest BCUT2D eigenvalue weighted by Crippen LogP contribution is -2.09. The number of hydrazine groups is 1. The van der Waals surface area contributed by atoms with E-state index in [2.05, 4.69) is 10.4 Å². The number of nitrogens with one attached hydrogen (secondary N) is 1. The monoisotopic (exact) mass is 187 g/mol. The lowest BCUT2D eigenvalue weighted by atomic mass is 10.3. The summed E-state index contributed by atoms with van der Waals surface area (Å²) in [6.45, 7) is 5.88. The van der Waals surface area contributed by atoms with E-state index >= 15 is 0 Å². The second-order valence-electron chi connectivity index (χ2n) is 1.96. The molecule has 0 amide bonds. The molecule has 0 aromatic carbocycles. The Morgan fingerprint density at radius 2 is 2.08 bits per heavy atom. The summed E-state index contributed by atoms with van der Waals surface area (Å²) in [5, 5.41) is 0.622. The Balaban J connectivity index is 0.000000561. The Morgan fingerprint density at radius 3 is 2.50 bits per heavy atom. The average molecular weight is 188 g/mol. The van der Waals surface area contributed by atoms with E-state index in [9.17, 15) is 0 Å². The molecule has 0 radical (unpaired) electrons. The largest absolute Gasteiger partial charge is 0.308 e. The average Bonchev–Trinajstić information content (AvgIpc) is 2.08. The normalized spacial score (nSPS) is 8.42. The second kappa shape index (κ2) is 5.80. The lowest BCUT2D eigenvalue weighted by molar-refractivity contribution is 1.19. The van der Waals surface area contributed by atoms with Gasteiger partial charge in [0.05, 0.1) is 5.02 Å². The molecular weight excluding hydrogens is 174 g/mol. The first kappa shape index (κ1) is 11.2. The summed E-state index contributed by atoms with van der Waals surface area (Å²) in [6, 6.07) is 1.80. The molecule has 68 valence electrons. The van der Waals surface area contributed by atoms with Crippen molar-refractivity contribution in [3.63, 3.8) is 0 Å². The number of nitrogen functional groups attached to an aromatic ring is 1. The fraction of sp³-hybridized carbons (Fsp3) is 0.375. The minimum absolute atomic E-state index is 0.622. The van der Waals surface area contributed by atoms with Gasteiger partial charge >= 0.3 is 0 Å². The van der Waals surface area contributed by atoms with Gasteiger partial charge < -0.3 is 5.43 Å². The lowest BCUT2D eigenvalue weighted by Gasteiger charge is -2.01. The summed E-state index contributed by atoms with van der Waals surface area (Å²) in [5.41, 5.74) is 3.39. The van der Waals surface area contributed by atoms with Crippen molar-refractivity contribution in [3.05, 3.63) is 22.8 Å². The van der Waals surface area contributed by atoms with Crippen LogP contribution < -0.4 is 11.3 Å². The molecule has 0 atom stereocenters. The number of rotatable bonds is 1. The second-order valence-corrected chi connectivity index (χ2v) is 2.40. The molecule has 0 saturated carbocycles. The summed E-state index contributed by atoms with van der Waals surface area (Å²) in [4.78, 5) is 3.93. The highest BCUT2D eigenvalue weighted by atomic mass is 35.5. The van der Waals surface area contributed by atoms with Crippen LogP contribution in [0.1, 0.15) is 19.4 Å². The van der Waals surface area contributed by atoms with Crippen LogP contribution in [0, 0.1) is 6.92 Å². The minimum atomic E-state index is 0.622. The SMILES string of the molecule is CC.Cc1cc(Cl)cnc1NN. The first-order valence-electron chi connectivity index (χ1n) is 3.83. The minimum Gasteiger partial charge on any atom is -0.308 e. The van der Waals surface area contributed by atoms with E-state index in [0.29, 0.717) is 10.8 Å². The van der Waals surface area contributed by atoms with E-state index in [1.807, 2.05) is 20.8 Å². The van der Waals surface area contributed by atoms with Crippen molar-refractivity contribution in [3.8, 4) is 0 Å². The van der Waals surface area contributed by atoms with E-state index < -0.39 is 0 Å². The van der Waals surface area contributed by atoms with Crippen molar-refractivity contribution < 1.29 is 0 Å². The molecule has 0 bridgehead atoms. The number of nitrogens with zero attached hydrogens (tertiary/aromatic N) is 1. The summed E-state index contributed by atoms with van der Waals surface area (Å²) >= 11 is 5.64. The molecule has 3 nitrogen and oxygen atoms in total. The highest BCUT2D eigenvalue weighted by molar-refractivity contribution is 6.30. The highest BCUT2D eigenvalue weighted by Crippen LogP contribution is 2.14. The zero-order valence-electron chi connectivity index (χ0n) is 7.56. The molecular formula is C8H14ClN3. The number of aryl methyl sites for hydroxylation is 1. The van der Waals surface area contributed by atoms with Crippen molar-refractivity contribution in [2.75, 3.05) is 5.43 Å². The van der Waals surface area contributed by atoms with Gasteiger partial charge in [-0.15, -0.1) is 0 Å². The topological polar surface area (TPSA) is 50.9 Å². The van der Waals surface area contributed by atoms with E-state index in [4.69, 9.17) is 17.4 Å². The van der Waals surface area contributed by atoms with Crippen LogP contribution in [-0.2, 0) is 0 Å². The Morgan fingerprint density at radius 1 is 1.50 bits per heavy atom. The molecule has 0 unspecified atom stereocenters. The van der Waals surface area contributed by atoms with Gasteiger partial charge in [-0.3, -0.25) is 0 Å². The van der Waals surface area contributed by atoms with Gasteiger partial charge in [-0.1, -0.05) is 25.4 Å². The van der Waals surface area contributed by atoms with E-state index in [-0.39, 0.29) is 0 Å². The predicted octanol–water partition coefficient (Wildman–Crippen LogP) is 2.36. The first-order chi connectivity index (χ1) is 5.74. The van der Waals surface area contributed by atoms with Crippen LogP contribution in [-0.4, -0.2) is 4.98 Å². The zero-order valence-corrected chi connectivity index (χ0v) is 8.31. The van der Waals surface area contributed by atoms with E-state index in [1.165, 1.54) is 0 Å². The number of anilines is 1. The number of hydrogen-bond acceptors (Lipinski definition) is 3. The van der Waals surface area contributed by atoms with Gasteiger partial charge in [0, 0.05) is 6.20 Å². The molecule has 1 aromatic rings. The van der Waals surface area contributed by atoms with Crippen molar-refractivity contribution in [1.82, 2.24) is 4.98 Å². The zero-order chi connectivity index (χ0) is 9.56. The number of nitrogens with two attached hydrogens (primary N) is 1. The van der Waals surface area contributed by atoms with Crippen LogP contribution in [0.3, 0.4) is 0 Å². The molecule has 1 rings (SSSR count). The maximum atomic E-state index is 5.64. The van der Waals surface area contributed by atoms with Crippen LogP contribution >= 0.6 is 11.6 Å². The molecule has 1 heterocycles. The van der Waals surface area contributed by atoms with Crippen LogP contribution in [0.4, 0.5) is 5.82 Å². The maximum absolute atomic E-state index is 5.64. The van der Waals surface area contributed by atoms with E-state index in [1.54, 1.807) is 12.3 Å². The highest BCUT2D eigenvalue weighted by Gasteiger charge is 1.96. The summed E-state index contributed by atoms with van der Waals surface area (Å²) in [6.07, 6.45) is 1.55. The quantitative estimate of drug-likeness (QED) is 0.524. The van der Waals surface area contributed by atoms with E-state index in [0.717, 1.165) is 5.56 Å². The smallest absolute Gasteiger partial charge is 0.142 e.